The molecule has 1 aromatic carbocycles. The number of aliphatic carboxylic acids is 2. The smallest absolute Gasteiger partial charge is 0.322 e. The van der Waals surface area contributed by atoms with E-state index in [-0.39, 0.29) is 18.8 Å². The number of benzene rings is 1. The van der Waals surface area contributed by atoms with Crippen LogP contribution in [0.4, 0.5) is 0 Å². The van der Waals surface area contributed by atoms with Gasteiger partial charge in [0, 0.05) is 0 Å². The highest BCUT2D eigenvalue weighted by Crippen LogP contribution is 2.08. The SMILES string of the molecule is CC(C)CC(NC(=O)C(N)Cc1ccccc1)C(=O)NC(CC(=O)O)C(=O)NCC(=O)O. The van der Waals surface area contributed by atoms with Crippen molar-refractivity contribution >= 4 is 29.7 Å². The first-order valence-corrected chi connectivity index (χ1v) is 10.1. The number of carboxylic acid groups (broad SMARTS) is 2. The molecule has 0 radical (unpaired) electrons. The van der Waals surface area contributed by atoms with Gasteiger partial charge < -0.3 is 31.9 Å². The Balaban J connectivity index is 2.86. The fourth-order valence-corrected chi connectivity index (χ4v) is 2.88. The summed E-state index contributed by atoms with van der Waals surface area (Å²) in [5, 5.41) is 24.6. The van der Waals surface area contributed by atoms with E-state index in [0.717, 1.165) is 5.56 Å². The first-order valence-electron chi connectivity index (χ1n) is 10.1. The maximum Gasteiger partial charge on any atom is 0.322 e. The third-order valence-electron chi connectivity index (χ3n) is 4.40. The second-order valence-electron chi connectivity index (χ2n) is 7.76. The van der Waals surface area contributed by atoms with Crippen LogP contribution in [-0.2, 0) is 30.4 Å². The van der Waals surface area contributed by atoms with Crippen molar-refractivity contribution in [2.24, 2.45) is 11.7 Å². The van der Waals surface area contributed by atoms with Crippen molar-refractivity contribution < 1.29 is 34.2 Å². The monoisotopic (exact) mass is 450 g/mol. The first kappa shape index (κ1) is 26.6. The number of hydrogen-bond donors (Lipinski definition) is 6. The van der Waals surface area contributed by atoms with Crippen LogP contribution < -0.4 is 21.7 Å². The third kappa shape index (κ3) is 10.0. The fourth-order valence-electron chi connectivity index (χ4n) is 2.88. The summed E-state index contributed by atoms with van der Waals surface area (Å²) in [5.74, 6) is -5.00. The standard InChI is InChI=1S/C21H30N4O7/c1-12(2)8-15(24-19(30)14(22)9-13-6-4-3-5-7-13)21(32)25-16(10-17(26)27)20(31)23-11-18(28)29/h3-7,12,14-16H,8-11,22H2,1-2H3,(H,23,31)(H,24,30)(H,25,32)(H,26,27)(H,28,29). The lowest BCUT2D eigenvalue weighted by atomic mass is 10.0. The average molecular weight is 450 g/mol. The Morgan fingerprint density at radius 1 is 0.875 bits per heavy atom. The van der Waals surface area contributed by atoms with Gasteiger partial charge >= 0.3 is 11.9 Å². The molecule has 0 bridgehead atoms. The summed E-state index contributed by atoms with van der Waals surface area (Å²) in [6, 6.07) is 5.60. The number of nitrogens with one attached hydrogen (secondary N) is 3. The molecule has 1 rings (SSSR count). The average Bonchev–Trinajstić information content (AvgIpc) is 2.70. The molecule has 3 unspecified atom stereocenters. The number of hydrogen-bond acceptors (Lipinski definition) is 6. The van der Waals surface area contributed by atoms with Gasteiger partial charge in [-0.25, -0.2) is 0 Å². The maximum atomic E-state index is 12.8. The molecule has 0 heterocycles. The van der Waals surface area contributed by atoms with E-state index in [9.17, 15) is 24.0 Å². The molecule has 7 N–H and O–H groups in total. The van der Waals surface area contributed by atoms with Crippen LogP contribution in [0.2, 0.25) is 0 Å². The molecule has 0 aliphatic carbocycles. The zero-order chi connectivity index (χ0) is 24.3. The van der Waals surface area contributed by atoms with Gasteiger partial charge in [0.25, 0.3) is 0 Å². The van der Waals surface area contributed by atoms with Crippen molar-refractivity contribution in [1.82, 2.24) is 16.0 Å². The highest BCUT2D eigenvalue weighted by atomic mass is 16.4. The number of nitrogens with two attached hydrogens (primary N) is 1. The van der Waals surface area contributed by atoms with Crippen LogP contribution in [0.3, 0.4) is 0 Å². The van der Waals surface area contributed by atoms with Crippen molar-refractivity contribution in [2.45, 2.75) is 51.2 Å². The van der Waals surface area contributed by atoms with E-state index in [1.54, 1.807) is 0 Å². The summed E-state index contributed by atoms with van der Waals surface area (Å²) in [7, 11) is 0. The van der Waals surface area contributed by atoms with E-state index in [1.807, 2.05) is 49.5 Å². The summed E-state index contributed by atoms with van der Waals surface area (Å²) in [4.78, 5) is 59.2. The summed E-state index contributed by atoms with van der Waals surface area (Å²) in [6.45, 7) is 2.92. The molecular weight excluding hydrogens is 420 g/mol. The van der Waals surface area contributed by atoms with E-state index < -0.39 is 60.8 Å². The maximum absolute atomic E-state index is 12.8. The van der Waals surface area contributed by atoms with Gasteiger partial charge in [-0.2, -0.15) is 0 Å². The normalized spacial score (nSPS) is 13.5. The van der Waals surface area contributed by atoms with E-state index in [1.165, 1.54) is 0 Å². The second kappa shape index (κ2) is 13.1. The Bertz CT molecular complexity index is 814. The second-order valence-corrected chi connectivity index (χ2v) is 7.76. The van der Waals surface area contributed by atoms with Gasteiger partial charge in [-0.3, -0.25) is 24.0 Å². The molecule has 0 fully saturated rings. The Hall–Kier alpha value is -3.47. The molecule has 0 aromatic heterocycles. The van der Waals surface area contributed by atoms with Gasteiger partial charge in [0.2, 0.25) is 17.7 Å². The minimum Gasteiger partial charge on any atom is -0.481 e. The quantitative estimate of drug-likeness (QED) is 0.226. The summed E-state index contributed by atoms with van der Waals surface area (Å²) in [5.41, 5.74) is 6.81. The van der Waals surface area contributed by atoms with Crippen molar-refractivity contribution in [3.63, 3.8) is 0 Å². The highest BCUT2D eigenvalue weighted by Gasteiger charge is 2.30. The lowest BCUT2D eigenvalue weighted by Crippen LogP contribution is -2.56. The van der Waals surface area contributed by atoms with E-state index >= 15 is 0 Å². The van der Waals surface area contributed by atoms with Gasteiger partial charge in [0.15, 0.2) is 0 Å². The number of carboxylic acids is 2. The Kier molecular flexibility index (Phi) is 10.8. The lowest BCUT2D eigenvalue weighted by molar-refractivity contribution is -0.141. The fraction of sp³-hybridized carbons (Fsp3) is 0.476. The molecule has 0 saturated carbocycles. The number of rotatable bonds is 13. The zero-order valence-electron chi connectivity index (χ0n) is 18.0. The Morgan fingerprint density at radius 2 is 1.47 bits per heavy atom. The largest absolute Gasteiger partial charge is 0.481 e. The molecule has 0 saturated heterocycles. The van der Waals surface area contributed by atoms with Crippen LogP contribution in [0, 0.1) is 5.92 Å². The highest BCUT2D eigenvalue weighted by molar-refractivity contribution is 5.95. The predicted molar refractivity (Wildman–Crippen MR) is 114 cm³/mol. The minimum absolute atomic E-state index is 0.0184. The minimum atomic E-state index is -1.51. The van der Waals surface area contributed by atoms with Crippen LogP contribution in [0.5, 0.6) is 0 Å². The van der Waals surface area contributed by atoms with Gasteiger partial charge in [-0.05, 0) is 24.3 Å². The molecule has 1 aromatic rings. The summed E-state index contributed by atoms with van der Waals surface area (Å²) in [6.07, 6.45) is -0.291. The van der Waals surface area contributed by atoms with E-state index in [4.69, 9.17) is 15.9 Å². The topological polar surface area (TPSA) is 188 Å². The van der Waals surface area contributed by atoms with Crippen molar-refractivity contribution in [2.75, 3.05) is 6.54 Å². The number of carbonyl (C=O) groups excluding carboxylic acids is 3. The molecule has 176 valence electrons. The number of carbonyl (C=O) groups is 5. The summed E-state index contributed by atoms with van der Waals surface area (Å²) < 4.78 is 0. The van der Waals surface area contributed by atoms with Gasteiger partial charge in [0.05, 0.1) is 12.5 Å². The van der Waals surface area contributed by atoms with Crippen LogP contribution in [-0.4, -0.2) is 64.5 Å². The molecule has 11 nitrogen and oxygen atoms in total. The van der Waals surface area contributed by atoms with Gasteiger partial charge in [-0.15, -0.1) is 0 Å². The van der Waals surface area contributed by atoms with Gasteiger partial charge in [-0.1, -0.05) is 44.2 Å². The first-order chi connectivity index (χ1) is 15.0. The van der Waals surface area contributed by atoms with Crippen molar-refractivity contribution in [3.05, 3.63) is 35.9 Å². The molecule has 3 amide bonds. The van der Waals surface area contributed by atoms with E-state index in [2.05, 4.69) is 10.6 Å². The van der Waals surface area contributed by atoms with Crippen molar-refractivity contribution in [1.29, 1.82) is 0 Å². The van der Waals surface area contributed by atoms with Crippen LogP contribution in [0.25, 0.3) is 0 Å². The molecule has 11 heteroatoms. The number of amides is 3. The van der Waals surface area contributed by atoms with Crippen molar-refractivity contribution in [3.8, 4) is 0 Å². The van der Waals surface area contributed by atoms with Crippen LogP contribution >= 0.6 is 0 Å². The molecule has 0 aliphatic heterocycles. The molecule has 32 heavy (non-hydrogen) atoms. The van der Waals surface area contributed by atoms with Crippen LogP contribution in [0.1, 0.15) is 32.3 Å². The zero-order valence-corrected chi connectivity index (χ0v) is 18.0. The Labute approximate surface area is 185 Å². The molecule has 3 atom stereocenters. The predicted octanol–water partition coefficient (Wildman–Crippen LogP) is -0.752. The van der Waals surface area contributed by atoms with E-state index in [0.29, 0.717) is 0 Å². The lowest BCUT2D eigenvalue weighted by Gasteiger charge is -2.24. The molecular formula is C21H30N4O7. The Morgan fingerprint density at radius 3 is 2.00 bits per heavy atom. The van der Waals surface area contributed by atoms with Crippen LogP contribution in [0.15, 0.2) is 30.3 Å². The molecule has 0 spiro atoms. The summed E-state index contributed by atoms with van der Waals surface area (Å²) >= 11 is 0. The third-order valence-corrected chi connectivity index (χ3v) is 4.40. The van der Waals surface area contributed by atoms with Gasteiger partial charge in [0.1, 0.15) is 18.6 Å². The molecule has 0 aliphatic rings.